The summed E-state index contributed by atoms with van der Waals surface area (Å²) in [5.74, 6) is 0. The van der Waals surface area contributed by atoms with Gasteiger partial charge in [-0.25, -0.2) is 0 Å². The summed E-state index contributed by atoms with van der Waals surface area (Å²) in [6, 6.07) is 20.2. The lowest BCUT2D eigenvalue weighted by molar-refractivity contribution is -0.594. The van der Waals surface area contributed by atoms with Gasteiger partial charge in [0.05, 0.1) is 18.5 Å². The first kappa shape index (κ1) is 21.0. The quantitative estimate of drug-likeness (QED) is 0.331. The largest absolute Gasteiger partial charge is 0.353 e. The van der Waals surface area contributed by atoms with Gasteiger partial charge in [0.25, 0.3) is 0 Å². The van der Waals surface area contributed by atoms with Crippen LogP contribution in [-0.4, -0.2) is 27.2 Å². The van der Waals surface area contributed by atoms with Crippen LogP contribution in [0.1, 0.15) is 0 Å². The van der Waals surface area contributed by atoms with Crippen LogP contribution in [0.5, 0.6) is 0 Å². The van der Waals surface area contributed by atoms with E-state index in [1.54, 1.807) is 7.11 Å². The summed E-state index contributed by atoms with van der Waals surface area (Å²) in [5, 5.41) is 13.4. The lowest BCUT2D eigenvalue weighted by Crippen LogP contribution is -2.82. The number of hydrogen-bond acceptors (Lipinski definition) is 5. The Labute approximate surface area is 164 Å². The summed E-state index contributed by atoms with van der Waals surface area (Å²) in [7, 11) is 3.15. The van der Waals surface area contributed by atoms with Crippen LogP contribution < -0.4 is 16.8 Å². The predicted molar refractivity (Wildman–Crippen MR) is 112 cm³/mol. The van der Waals surface area contributed by atoms with Gasteiger partial charge in [-0.15, -0.1) is 5.11 Å². The fourth-order valence-corrected chi connectivity index (χ4v) is 3.05. The highest BCUT2D eigenvalue weighted by molar-refractivity contribution is 7.94. The van der Waals surface area contributed by atoms with Gasteiger partial charge < -0.3 is 21.0 Å². The molecule has 0 heterocycles. The number of quaternary nitrogens is 2. The van der Waals surface area contributed by atoms with E-state index in [0.29, 0.717) is 0 Å². The highest BCUT2D eigenvalue weighted by Crippen LogP contribution is 2.31. The molecule has 0 aliphatic rings. The van der Waals surface area contributed by atoms with Crippen LogP contribution in [-0.2, 0) is 4.18 Å². The Balaban J connectivity index is 0.00000126. The van der Waals surface area contributed by atoms with Crippen molar-refractivity contribution in [3.8, 4) is 0 Å². The van der Waals surface area contributed by atoms with E-state index in [9.17, 15) is 0 Å². The van der Waals surface area contributed by atoms with E-state index in [1.165, 1.54) is 30.2 Å². The fraction of sp³-hybridized carbons (Fsp3) is 0.200. The van der Waals surface area contributed by atoms with Crippen molar-refractivity contribution in [2.24, 2.45) is 16.0 Å². The molecule has 7 heteroatoms. The first-order valence-corrected chi connectivity index (χ1v) is 9.50. The molecule has 0 unspecified atom stereocenters. The monoisotopic (exact) mass is 385 g/mol. The third kappa shape index (κ3) is 5.85. The summed E-state index contributed by atoms with van der Waals surface area (Å²) >= 11 is 1.33. The van der Waals surface area contributed by atoms with Crippen molar-refractivity contribution in [2.75, 3.05) is 27.2 Å². The van der Waals surface area contributed by atoms with Gasteiger partial charge in [0.1, 0.15) is 18.8 Å². The molecule has 0 atom stereocenters. The Morgan fingerprint density at radius 2 is 1.67 bits per heavy atom. The summed E-state index contributed by atoms with van der Waals surface area (Å²) in [6.07, 6.45) is 0. The molecule has 3 aromatic carbocycles. The third-order valence-electron chi connectivity index (χ3n) is 3.79. The normalized spacial score (nSPS) is 10.8. The van der Waals surface area contributed by atoms with E-state index in [4.69, 9.17) is 4.18 Å². The van der Waals surface area contributed by atoms with Gasteiger partial charge >= 0.3 is 0 Å². The molecule has 7 N–H and O–H groups in total. The van der Waals surface area contributed by atoms with Crippen LogP contribution in [0.2, 0.25) is 0 Å². The van der Waals surface area contributed by atoms with Crippen molar-refractivity contribution in [2.45, 2.75) is 4.90 Å². The summed E-state index contributed by atoms with van der Waals surface area (Å²) in [5.41, 5.74) is 11.3. The van der Waals surface area contributed by atoms with Crippen molar-refractivity contribution in [1.82, 2.24) is 0 Å². The predicted octanol–water partition coefficient (Wildman–Crippen LogP) is 2.92. The standard InChI is InChI=1S/C19H20N4OS.CH5N/c1-24-25-15-8-6-14(7-9-15)22-23-19-11-10-18(21-13-12-20)16-4-2-3-5-17(16)19;1-2/h2-11,21H,12-13,20H2,1H3;2H2,1H3/p+2. The minimum atomic E-state index is 0.817. The minimum absolute atomic E-state index is 0.817. The van der Waals surface area contributed by atoms with Gasteiger partial charge in [0.15, 0.2) is 0 Å². The minimum Gasteiger partial charge on any atom is -0.353 e. The highest BCUT2D eigenvalue weighted by atomic mass is 32.2. The van der Waals surface area contributed by atoms with E-state index >= 15 is 0 Å². The molecule has 142 valence electrons. The number of fused-ring (bicyclic) bond motifs is 1. The van der Waals surface area contributed by atoms with Gasteiger partial charge in [-0.05, 0) is 43.4 Å². The zero-order valence-electron chi connectivity index (χ0n) is 15.8. The van der Waals surface area contributed by atoms with Crippen molar-refractivity contribution >= 4 is 39.9 Å². The van der Waals surface area contributed by atoms with Gasteiger partial charge in [0.2, 0.25) is 0 Å². The van der Waals surface area contributed by atoms with E-state index in [-0.39, 0.29) is 0 Å². The Morgan fingerprint density at radius 1 is 0.963 bits per heavy atom. The van der Waals surface area contributed by atoms with Crippen LogP contribution in [0.4, 0.5) is 17.1 Å². The maximum atomic E-state index is 5.04. The number of rotatable bonds is 7. The average Bonchev–Trinajstić information content (AvgIpc) is 2.74. The Bertz CT molecular complexity index is 868. The topological polar surface area (TPSA) is 104 Å². The smallest absolute Gasteiger partial charge is 0.137 e. The van der Waals surface area contributed by atoms with Crippen molar-refractivity contribution in [3.05, 3.63) is 60.7 Å². The summed E-state index contributed by atoms with van der Waals surface area (Å²) in [6.45, 7) is 1.86. The van der Waals surface area contributed by atoms with E-state index < -0.39 is 0 Å². The van der Waals surface area contributed by atoms with Crippen LogP contribution in [0.3, 0.4) is 0 Å². The molecule has 0 aliphatic carbocycles. The second kappa shape index (κ2) is 11.4. The lowest BCUT2D eigenvalue weighted by atomic mass is 10.1. The Morgan fingerprint density at radius 3 is 2.33 bits per heavy atom. The van der Waals surface area contributed by atoms with Crippen LogP contribution in [0.25, 0.3) is 10.8 Å². The number of nitrogens with two attached hydrogens (primary N) is 2. The number of nitrogens with zero attached hydrogens (tertiary/aromatic N) is 2. The molecule has 0 bridgehead atoms. The molecule has 0 amide bonds. The third-order valence-corrected chi connectivity index (χ3v) is 4.42. The molecule has 6 nitrogen and oxygen atoms in total. The number of benzene rings is 3. The second-order valence-electron chi connectivity index (χ2n) is 5.51. The molecule has 27 heavy (non-hydrogen) atoms. The SMILES string of the molecule is CN.COSc1ccc(N=Nc2ccc([NH2+]CC[NH3+])c3ccccc23)cc1. The second-order valence-corrected chi connectivity index (χ2v) is 6.48. The van der Waals surface area contributed by atoms with Gasteiger partial charge in [0, 0.05) is 33.8 Å². The molecule has 0 radical (unpaired) electrons. The van der Waals surface area contributed by atoms with Gasteiger partial charge in [-0.2, -0.15) is 5.11 Å². The average molecular weight is 386 g/mol. The van der Waals surface area contributed by atoms with Crippen LogP contribution in [0.15, 0.2) is 75.8 Å². The Kier molecular flexibility index (Phi) is 8.90. The van der Waals surface area contributed by atoms with Gasteiger partial charge in [-0.3, -0.25) is 0 Å². The zero-order chi connectivity index (χ0) is 19.5. The first-order chi connectivity index (χ1) is 13.3. The lowest BCUT2D eigenvalue weighted by Gasteiger charge is -2.06. The van der Waals surface area contributed by atoms with Gasteiger partial charge in [-0.1, -0.05) is 18.2 Å². The van der Waals surface area contributed by atoms with Crippen LogP contribution >= 0.6 is 12.0 Å². The first-order valence-electron chi connectivity index (χ1n) is 8.76. The summed E-state index contributed by atoms with van der Waals surface area (Å²) < 4.78 is 5.04. The fourth-order valence-electron chi connectivity index (χ4n) is 2.61. The molecule has 0 spiro atoms. The zero-order valence-corrected chi connectivity index (χ0v) is 16.6. The number of azo groups is 1. The molecule has 0 aliphatic heterocycles. The molecule has 0 saturated carbocycles. The number of hydrogen-bond donors (Lipinski definition) is 3. The van der Waals surface area contributed by atoms with Crippen molar-refractivity contribution in [1.29, 1.82) is 0 Å². The molecular weight excluding hydrogens is 358 g/mol. The van der Waals surface area contributed by atoms with E-state index in [1.807, 2.05) is 36.4 Å². The molecule has 0 aromatic heterocycles. The molecule has 0 saturated heterocycles. The molecule has 3 aromatic rings. The molecule has 0 fully saturated rings. The molecule has 3 rings (SSSR count). The Hall–Kier alpha value is -2.29. The highest BCUT2D eigenvalue weighted by Gasteiger charge is 2.08. The molecular formula is C20H27N5OS+2. The maximum absolute atomic E-state index is 5.04. The maximum Gasteiger partial charge on any atom is 0.137 e. The van der Waals surface area contributed by atoms with Crippen molar-refractivity contribution in [3.63, 3.8) is 0 Å². The van der Waals surface area contributed by atoms with E-state index in [2.05, 4.69) is 51.3 Å². The van der Waals surface area contributed by atoms with E-state index in [0.717, 1.165) is 34.7 Å². The summed E-state index contributed by atoms with van der Waals surface area (Å²) in [4.78, 5) is 1.04. The van der Waals surface area contributed by atoms with Crippen molar-refractivity contribution < 1.29 is 15.2 Å². The van der Waals surface area contributed by atoms with Crippen LogP contribution in [0, 0.1) is 0 Å².